The van der Waals surface area contributed by atoms with Crippen molar-refractivity contribution in [3.05, 3.63) is 47.1 Å². The van der Waals surface area contributed by atoms with Crippen LogP contribution in [-0.4, -0.2) is 29.7 Å². The first kappa shape index (κ1) is 14.2. The molecule has 1 saturated heterocycles. The Morgan fingerprint density at radius 3 is 2.90 bits per heavy atom. The van der Waals surface area contributed by atoms with Crippen molar-refractivity contribution in [2.45, 2.75) is 6.10 Å². The molecule has 110 valence electrons. The monoisotopic (exact) mass is 308 g/mol. The van der Waals surface area contributed by atoms with E-state index in [4.69, 9.17) is 16.3 Å². The van der Waals surface area contributed by atoms with Crippen molar-refractivity contribution < 1.29 is 9.13 Å². The second-order valence-corrected chi connectivity index (χ2v) is 5.08. The summed E-state index contributed by atoms with van der Waals surface area (Å²) in [6, 6.07) is 4.80. The van der Waals surface area contributed by atoms with E-state index in [9.17, 15) is 4.39 Å². The average Bonchev–Trinajstić information content (AvgIpc) is 2.51. The standard InChI is InChI=1S/C14H14ClFN4O/c15-9-1-2-13(18-6-9)20-10-5-11(16)14(19-7-10)12-8-17-3-4-21-12/h1-2,5-7,12,17H,3-4,8H2,(H,18,20)/t12-/m1/s1. The van der Waals surface area contributed by atoms with E-state index in [1.54, 1.807) is 18.3 Å². The van der Waals surface area contributed by atoms with Crippen molar-refractivity contribution >= 4 is 23.1 Å². The van der Waals surface area contributed by atoms with E-state index in [0.29, 0.717) is 35.4 Å². The molecular formula is C14H14ClFN4O. The second-order valence-electron chi connectivity index (χ2n) is 4.64. The minimum Gasteiger partial charge on any atom is -0.369 e. The highest BCUT2D eigenvalue weighted by molar-refractivity contribution is 6.30. The van der Waals surface area contributed by atoms with Gasteiger partial charge < -0.3 is 15.4 Å². The summed E-state index contributed by atoms with van der Waals surface area (Å²) >= 11 is 5.76. The summed E-state index contributed by atoms with van der Waals surface area (Å²) in [7, 11) is 0. The van der Waals surface area contributed by atoms with Crippen LogP contribution >= 0.6 is 11.6 Å². The molecule has 2 N–H and O–H groups in total. The number of nitrogens with zero attached hydrogens (tertiary/aromatic N) is 2. The summed E-state index contributed by atoms with van der Waals surface area (Å²) in [6.45, 7) is 1.90. The number of aromatic nitrogens is 2. The summed E-state index contributed by atoms with van der Waals surface area (Å²) in [5.74, 6) is 0.173. The molecule has 7 heteroatoms. The topological polar surface area (TPSA) is 59.1 Å². The number of rotatable bonds is 3. The molecule has 1 fully saturated rings. The summed E-state index contributed by atoms with van der Waals surface area (Å²) in [5, 5.41) is 6.67. The number of ether oxygens (including phenoxy) is 1. The molecule has 21 heavy (non-hydrogen) atoms. The van der Waals surface area contributed by atoms with Gasteiger partial charge in [0.05, 0.1) is 23.5 Å². The summed E-state index contributed by atoms with van der Waals surface area (Å²) in [6.07, 6.45) is 2.73. The van der Waals surface area contributed by atoms with E-state index in [-0.39, 0.29) is 6.10 Å². The van der Waals surface area contributed by atoms with Crippen molar-refractivity contribution in [1.82, 2.24) is 15.3 Å². The lowest BCUT2D eigenvalue weighted by molar-refractivity contribution is 0.0227. The minimum absolute atomic E-state index is 0.316. The van der Waals surface area contributed by atoms with Gasteiger partial charge in [-0.2, -0.15) is 0 Å². The Labute approximate surface area is 126 Å². The molecule has 0 amide bonds. The van der Waals surface area contributed by atoms with Gasteiger partial charge in [-0.25, -0.2) is 9.37 Å². The molecular weight excluding hydrogens is 295 g/mol. The van der Waals surface area contributed by atoms with Gasteiger partial charge in [-0.15, -0.1) is 0 Å². The Morgan fingerprint density at radius 1 is 1.33 bits per heavy atom. The maximum atomic E-state index is 14.1. The lowest BCUT2D eigenvalue weighted by Crippen LogP contribution is -2.34. The normalized spacial score (nSPS) is 18.5. The van der Waals surface area contributed by atoms with E-state index < -0.39 is 5.82 Å². The quantitative estimate of drug-likeness (QED) is 0.913. The zero-order valence-electron chi connectivity index (χ0n) is 11.1. The van der Waals surface area contributed by atoms with Gasteiger partial charge in [-0.05, 0) is 12.1 Å². The molecule has 3 heterocycles. The van der Waals surface area contributed by atoms with Gasteiger partial charge in [-0.3, -0.25) is 4.98 Å². The number of nitrogens with one attached hydrogen (secondary N) is 2. The van der Waals surface area contributed by atoms with Crippen LogP contribution in [0.1, 0.15) is 11.8 Å². The van der Waals surface area contributed by atoms with Crippen molar-refractivity contribution in [3.63, 3.8) is 0 Å². The van der Waals surface area contributed by atoms with E-state index in [0.717, 1.165) is 6.54 Å². The molecule has 1 aliphatic rings. The van der Waals surface area contributed by atoms with Crippen LogP contribution in [0.5, 0.6) is 0 Å². The first-order chi connectivity index (χ1) is 10.2. The van der Waals surface area contributed by atoms with E-state index in [1.165, 1.54) is 12.3 Å². The Hall–Kier alpha value is -1.76. The largest absolute Gasteiger partial charge is 0.369 e. The van der Waals surface area contributed by atoms with E-state index >= 15 is 0 Å². The molecule has 3 rings (SSSR count). The van der Waals surface area contributed by atoms with Crippen LogP contribution in [0.3, 0.4) is 0 Å². The molecule has 2 aromatic heterocycles. The molecule has 0 aliphatic carbocycles. The van der Waals surface area contributed by atoms with Crippen LogP contribution < -0.4 is 10.6 Å². The molecule has 0 saturated carbocycles. The Balaban J connectivity index is 1.75. The summed E-state index contributed by atoms with van der Waals surface area (Å²) in [4.78, 5) is 8.25. The molecule has 0 spiro atoms. The van der Waals surface area contributed by atoms with Gasteiger partial charge >= 0.3 is 0 Å². The number of hydrogen-bond donors (Lipinski definition) is 2. The number of anilines is 2. The summed E-state index contributed by atoms with van der Waals surface area (Å²) < 4.78 is 19.7. The molecule has 1 aliphatic heterocycles. The second kappa shape index (κ2) is 6.34. The highest BCUT2D eigenvalue weighted by Crippen LogP contribution is 2.23. The third-order valence-electron chi connectivity index (χ3n) is 3.10. The van der Waals surface area contributed by atoms with Crippen LogP contribution in [0.25, 0.3) is 0 Å². The molecule has 1 atom stereocenters. The van der Waals surface area contributed by atoms with Crippen LogP contribution in [0.4, 0.5) is 15.9 Å². The van der Waals surface area contributed by atoms with E-state index in [1.807, 2.05) is 0 Å². The van der Waals surface area contributed by atoms with Crippen molar-refractivity contribution in [2.75, 3.05) is 25.0 Å². The predicted molar refractivity (Wildman–Crippen MR) is 78.3 cm³/mol. The lowest BCUT2D eigenvalue weighted by atomic mass is 10.2. The van der Waals surface area contributed by atoms with Gasteiger partial charge in [-0.1, -0.05) is 11.6 Å². The van der Waals surface area contributed by atoms with Crippen LogP contribution in [-0.2, 0) is 4.74 Å². The smallest absolute Gasteiger partial charge is 0.149 e. The molecule has 0 radical (unpaired) electrons. The van der Waals surface area contributed by atoms with Crippen molar-refractivity contribution in [3.8, 4) is 0 Å². The van der Waals surface area contributed by atoms with Crippen LogP contribution in [0, 0.1) is 5.82 Å². The Morgan fingerprint density at radius 2 is 2.24 bits per heavy atom. The fraction of sp³-hybridized carbons (Fsp3) is 0.286. The van der Waals surface area contributed by atoms with E-state index in [2.05, 4.69) is 20.6 Å². The van der Waals surface area contributed by atoms with Crippen molar-refractivity contribution in [1.29, 1.82) is 0 Å². The first-order valence-electron chi connectivity index (χ1n) is 6.59. The molecule has 0 bridgehead atoms. The van der Waals surface area contributed by atoms with Crippen LogP contribution in [0.15, 0.2) is 30.6 Å². The molecule has 5 nitrogen and oxygen atoms in total. The zero-order chi connectivity index (χ0) is 14.7. The van der Waals surface area contributed by atoms with Gasteiger partial charge in [0, 0.05) is 25.4 Å². The first-order valence-corrected chi connectivity index (χ1v) is 6.96. The van der Waals surface area contributed by atoms with Gasteiger partial charge in [0.25, 0.3) is 0 Å². The lowest BCUT2D eigenvalue weighted by Gasteiger charge is -2.23. The number of pyridine rings is 2. The highest BCUT2D eigenvalue weighted by Gasteiger charge is 2.21. The minimum atomic E-state index is -0.400. The number of halogens is 2. The zero-order valence-corrected chi connectivity index (χ0v) is 11.9. The van der Waals surface area contributed by atoms with Gasteiger partial charge in [0.1, 0.15) is 23.4 Å². The van der Waals surface area contributed by atoms with Gasteiger partial charge in [0.15, 0.2) is 0 Å². The third kappa shape index (κ3) is 3.47. The Kier molecular flexibility index (Phi) is 4.28. The van der Waals surface area contributed by atoms with Gasteiger partial charge in [0.2, 0.25) is 0 Å². The average molecular weight is 309 g/mol. The fourth-order valence-corrected chi connectivity index (χ4v) is 2.20. The predicted octanol–water partition coefficient (Wildman–Crippen LogP) is 2.67. The maximum Gasteiger partial charge on any atom is 0.149 e. The number of morpholine rings is 1. The van der Waals surface area contributed by atoms with Crippen molar-refractivity contribution in [2.24, 2.45) is 0 Å². The van der Waals surface area contributed by atoms with Crippen LogP contribution in [0.2, 0.25) is 5.02 Å². The molecule has 0 unspecified atom stereocenters. The maximum absolute atomic E-state index is 14.1. The number of hydrogen-bond acceptors (Lipinski definition) is 5. The Bertz CT molecular complexity index is 617. The highest BCUT2D eigenvalue weighted by atomic mass is 35.5. The molecule has 2 aromatic rings. The fourth-order valence-electron chi connectivity index (χ4n) is 2.09. The summed E-state index contributed by atoms with van der Waals surface area (Å²) in [5.41, 5.74) is 0.839. The molecule has 0 aromatic carbocycles. The SMILES string of the molecule is Fc1cc(Nc2ccc(Cl)cn2)cnc1[C@H]1CNCCO1. The third-order valence-corrected chi connectivity index (χ3v) is 3.33.